The number of hydrogen-bond acceptors (Lipinski definition) is 5. The average molecular weight is 492 g/mol. The number of anilines is 2. The first-order valence-corrected chi connectivity index (χ1v) is 11.3. The van der Waals surface area contributed by atoms with Crippen LogP contribution in [0, 0.1) is 0 Å². The van der Waals surface area contributed by atoms with E-state index < -0.39 is 23.6 Å². The van der Waals surface area contributed by atoms with Gasteiger partial charge in [-0.3, -0.25) is 4.79 Å². The van der Waals surface area contributed by atoms with Gasteiger partial charge in [0.15, 0.2) is 10.8 Å². The van der Waals surface area contributed by atoms with Crippen LogP contribution in [0.2, 0.25) is 0 Å². The van der Waals surface area contributed by atoms with Crippen molar-refractivity contribution < 1.29 is 31.1 Å². The van der Waals surface area contributed by atoms with E-state index in [4.69, 9.17) is 0 Å². The summed E-state index contributed by atoms with van der Waals surface area (Å²) in [6, 6.07) is 2.39. The normalized spacial score (nSPS) is 19.6. The summed E-state index contributed by atoms with van der Waals surface area (Å²) in [7, 11) is 0. The zero-order valence-electron chi connectivity index (χ0n) is 17.9. The van der Waals surface area contributed by atoms with Crippen molar-refractivity contribution in [1.82, 2.24) is 9.88 Å². The molecule has 3 heterocycles. The molecule has 1 unspecified atom stereocenters. The van der Waals surface area contributed by atoms with Crippen molar-refractivity contribution in [3.63, 3.8) is 0 Å². The van der Waals surface area contributed by atoms with E-state index in [1.807, 2.05) is 11.8 Å². The minimum absolute atomic E-state index is 0.0285. The lowest BCUT2D eigenvalue weighted by atomic mass is 9.91. The standard InChI is InChI=1S/C21H22F6N4OS/c1-12-9-29(7-8-31(12)13(2)32)17-4-3-16(20(22,23)24)14-5-6-30(10-15(14)17)19-28-18(11-33-19)21(25,26)27/h3-4,11-12H,5-10H2,1-2H3. The Hall–Kier alpha value is -2.50. The third-order valence-electron chi connectivity index (χ3n) is 6.12. The fourth-order valence-electron chi connectivity index (χ4n) is 4.57. The van der Waals surface area contributed by atoms with Gasteiger partial charge >= 0.3 is 12.4 Å². The quantitative estimate of drug-likeness (QED) is 0.565. The van der Waals surface area contributed by atoms with Crippen LogP contribution in [0.3, 0.4) is 0 Å². The molecule has 0 aliphatic carbocycles. The van der Waals surface area contributed by atoms with E-state index >= 15 is 0 Å². The number of carbonyl (C=O) groups excluding carboxylic acids is 1. The van der Waals surface area contributed by atoms with Crippen molar-refractivity contribution in [2.24, 2.45) is 0 Å². The fourth-order valence-corrected chi connectivity index (χ4v) is 5.43. The van der Waals surface area contributed by atoms with Crippen molar-refractivity contribution in [3.05, 3.63) is 39.9 Å². The van der Waals surface area contributed by atoms with Gasteiger partial charge in [-0.2, -0.15) is 26.3 Å². The Morgan fingerprint density at radius 3 is 2.33 bits per heavy atom. The summed E-state index contributed by atoms with van der Waals surface area (Å²) in [4.78, 5) is 20.7. The molecule has 1 aromatic carbocycles. The van der Waals surface area contributed by atoms with Crippen LogP contribution in [-0.2, 0) is 30.1 Å². The third-order valence-corrected chi connectivity index (χ3v) is 7.02. The highest BCUT2D eigenvalue weighted by Crippen LogP contribution is 2.42. The Balaban J connectivity index is 1.69. The van der Waals surface area contributed by atoms with Crippen LogP contribution in [0.5, 0.6) is 0 Å². The first-order valence-electron chi connectivity index (χ1n) is 10.4. The maximum Gasteiger partial charge on any atom is 0.434 e. The zero-order chi connectivity index (χ0) is 24.1. The molecule has 0 bridgehead atoms. The van der Waals surface area contributed by atoms with Crippen molar-refractivity contribution >= 4 is 28.1 Å². The largest absolute Gasteiger partial charge is 0.434 e. The van der Waals surface area contributed by atoms with E-state index in [2.05, 4.69) is 4.98 Å². The van der Waals surface area contributed by atoms with E-state index in [0.29, 0.717) is 30.9 Å². The molecule has 1 fully saturated rings. The minimum Gasteiger partial charge on any atom is -0.367 e. The van der Waals surface area contributed by atoms with Gasteiger partial charge in [-0.15, -0.1) is 11.3 Å². The molecule has 0 N–H and O–H groups in total. The number of halogens is 6. The van der Waals surface area contributed by atoms with Crippen molar-refractivity contribution in [1.29, 1.82) is 0 Å². The van der Waals surface area contributed by atoms with Gasteiger partial charge in [0.25, 0.3) is 0 Å². The number of hydrogen-bond donors (Lipinski definition) is 0. The number of benzene rings is 1. The van der Waals surface area contributed by atoms with Gasteiger partial charge in [-0.25, -0.2) is 4.98 Å². The summed E-state index contributed by atoms with van der Waals surface area (Å²) in [5, 5.41) is 1.05. The number of aromatic nitrogens is 1. The Labute approximate surface area is 190 Å². The summed E-state index contributed by atoms with van der Waals surface area (Å²) < 4.78 is 80.1. The molecular formula is C21H22F6N4OS. The lowest BCUT2D eigenvalue weighted by Gasteiger charge is -2.42. The molecule has 33 heavy (non-hydrogen) atoms. The molecule has 5 nitrogen and oxygen atoms in total. The lowest BCUT2D eigenvalue weighted by molar-refractivity contribution is -0.141. The molecule has 1 amide bonds. The summed E-state index contributed by atoms with van der Waals surface area (Å²) in [6.07, 6.45) is -9.07. The summed E-state index contributed by atoms with van der Waals surface area (Å²) in [5.74, 6) is -0.0630. The third kappa shape index (κ3) is 4.62. The smallest absolute Gasteiger partial charge is 0.367 e. The predicted molar refractivity (Wildman–Crippen MR) is 112 cm³/mol. The van der Waals surface area contributed by atoms with Gasteiger partial charge in [-0.1, -0.05) is 0 Å². The van der Waals surface area contributed by atoms with Gasteiger partial charge in [0.05, 0.1) is 5.56 Å². The summed E-state index contributed by atoms with van der Waals surface area (Å²) in [5.41, 5.74) is -0.489. The van der Waals surface area contributed by atoms with E-state index in [1.54, 1.807) is 9.80 Å². The number of piperazine rings is 1. The Kier molecular flexibility index (Phi) is 6.00. The number of rotatable bonds is 2. The van der Waals surface area contributed by atoms with Crippen LogP contribution in [0.25, 0.3) is 0 Å². The molecule has 1 atom stereocenters. The van der Waals surface area contributed by atoms with Crippen molar-refractivity contribution in [2.45, 2.75) is 45.2 Å². The number of thiazole rings is 1. The van der Waals surface area contributed by atoms with E-state index in [1.165, 1.54) is 13.0 Å². The number of nitrogens with zero attached hydrogens (tertiary/aromatic N) is 4. The highest BCUT2D eigenvalue weighted by atomic mass is 32.1. The molecule has 0 radical (unpaired) electrons. The zero-order valence-corrected chi connectivity index (χ0v) is 18.7. The number of amides is 1. The molecule has 4 rings (SSSR count). The monoisotopic (exact) mass is 492 g/mol. The van der Waals surface area contributed by atoms with Gasteiger partial charge in [0, 0.05) is 56.8 Å². The van der Waals surface area contributed by atoms with E-state index in [0.717, 1.165) is 22.8 Å². The highest BCUT2D eigenvalue weighted by molar-refractivity contribution is 7.13. The Bertz CT molecular complexity index is 1050. The molecule has 1 aromatic heterocycles. The summed E-state index contributed by atoms with van der Waals surface area (Å²) >= 11 is 0.828. The molecule has 2 aliphatic rings. The Morgan fingerprint density at radius 2 is 1.76 bits per heavy atom. The maximum absolute atomic E-state index is 13.7. The SMILES string of the molecule is CC(=O)N1CCN(c2ccc(C(F)(F)F)c3c2CN(c2nc(C(F)(F)F)cs2)CC3)CC1C. The van der Waals surface area contributed by atoms with Crippen molar-refractivity contribution in [3.8, 4) is 0 Å². The average Bonchev–Trinajstić information content (AvgIpc) is 3.22. The topological polar surface area (TPSA) is 39.7 Å². The lowest BCUT2D eigenvalue weighted by Crippen LogP contribution is -2.54. The second kappa shape index (κ2) is 8.37. The molecule has 0 saturated carbocycles. The number of carbonyl (C=O) groups is 1. The Morgan fingerprint density at radius 1 is 1.03 bits per heavy atom. The molecule has 2 aromatic rings. The van der Waals surface area contributed by atoms with Gasteiger partial charge in [0.1, 0.15) is 0 Å². The number of fused-ring (bicyclic) bond motifs is 1. The van der Waals surface area contributed by atoms with E-state index in [9.17, 15) is 31.1 Å². The number of alkyl halides is 6. The second-order valence-electron chi connectivity index (χ2n) is 8.28. The molecular weight excluding hydrogens is 470 g/mol. The van der Waals surface area contributed by atoms with Crippen LogP contribution >= 0.6 is 11.3 Å². The highest BCUT2D eigenvalue weighted by Gasteiger charge is 2.39. The molecule has 1 saturated heterocycles. The van der Waals surface area contributed by atoms with Crippen LogP contribution in [0.4, 0.5) is 37.2 Å². The summed E-state index contributed by atoms with van der Waals surface area (Å²) in [6.45, 7) is 4.87. The van der Waals surface area contributed by atoms with Crippen LogP contribution in [0.15, 0.2) is 17.5 Å². The van der Waals surface area contributed by atoms with Gasteiger partial charge in [0.2, 0.25) is 5.91 Å². The van der Waals surface area contributed by atoms with Crippen LogP contribution in [0.1, 0.15) is 36.2 Å². The van der Waals surface area contributed by atoms with Gasteiger partial charge < -0.3 is 14.7 Å². The maximum atomic E-state index is 13.7. The molecule has 0 spiro atoms. The van der Waals surface area contributed by atoms with Gasteiger partial charge in [-0.05, 0) is 36.6 Å². The minimum atomic E-state index is -4.58. The van der Waals surface area contributed by atoms with E-state index in [-0.39, 0.29) is 42.2 Å². The molecule has 12 heteroatoms. The van der Waals surface area contributed by atoms with Crippen LogP contribution in [-0.4, -0.2) is 48.0 Å². The van der Waals surface area contributed by atoms with Crippen molar-refractivity contribution in [2.75, 3.05) is 36.0 Å². The first-order chi connectivity index (χ1) is 15.4. The fraction of sp³-hybridized carbons (Fsp3) is 0.524. The second-order valence-corrected chi connectivity index (χ2v) is 9.12. The predicted octanol–water partition coefficient (Wildman–Crippen LogP) is 4.80. The molecule has 2 aliphatic heterocycles. The molecule has 180 valence electrons. The first kappa shape index (κ1) is 23.7. The van der Waals surface area contributed by atoms with Crippen LogP contribution < -0.4 is 9.80 Å².